The van der Waals surface area contributed by atoms with E-state index in [2.05, 4.69) is 15.3 Å². The summed E-state index contributed by atoms with van der Waals surface area (Å²) in [6.45, 7) is 2.76. The van der Waals surface area contributed by atoms with Crippen molar-refractivity contribution in [3.8, 4) is 17.0 Å². The number of anilines is 1. The van der Waals surface area contributed by atoms with Gasteiger partial charge in [-0.3, -0.25) is 4.98 Å². The molecule has 0 aliphatic heterocycles. The van der Waals surface area contributed by atoms with Gasteiger partial charge < -0.3 is 10.1 Å². The van der Waals surface area contributed by atoms with E-state index in [4.69, 9.17) is 16.3 Å². The standard InChI is InChI=1S/C13H14ClN3O/c1-3-15-13-12(16-7-8-17-13)11-9(14)5-4-6-10(11)18-2/h4-8H,3H2,1-2H3,(H,15,17). The van der Waals surface area contributed by atoms with E-state index in [1.165, 1.54) is 0 Å². The van der Waals surface area contributed by atoms with E-state index in [1.807, 2.05) is 25.1 Å². The average molecular weight is 264 g/mol. The van der Waals surface area contributed by atoms with Gasteiger partial charge in [-0.25, -0.2) is 4.98 Å². The summed E-state index contributed by atoms with van der Waals surface area (Å²) in [6.07, 6.45) is 3.28. The Labute approximate surface area is 111 Å². The number of ether oxygens (including phenoxy) is 1. The van der Waals surface area contributed by atoms with Gasteiger partial charge in [-0.05, 0) is 19.1 Å². The number of methoxy groups -OCH3 is 1. The number of rotatable bonds is 4. The zero-order chi connectivity index (χ0) is 13.0. The number of aromatic nitrogens is 2. The molecule has 0 fully saturated rings. The number of nitrogens with one attached hydrogen (secondary N) is 1. The third-order valence-corrected chi connectivity index (χ3v) is 2.79. The van der Waals surface area contributed by atoms with Crippen molar-refractivity contribution in [2.45, 2.75) is 6.92 Å². The van der Waals surface area contributed by atoms with Gasteiger partial charge in [0, 0.05) is 18.9 Å². The van der Waals surface area contributed by atoms with Crippen LogP contribution in [-0.4, -0.2) is 23.6 Å². The SMILES string of the molecule is CCNc1nccnc1-c1c(Cl)cccc1OC. The van der Waals surface area contributed by atoms with Crippen LogP contribution in [0.2, 0.25) is 5.02 Å². The van der Waals surface area contributed by atoms with E-state index in [1.54, 1.807) is 19.5 Å². The summed E-state index contributed by atoms with van der Waals surface area (Å²) >= 11 is 6.24. The minimum absolute atomic E-state index is 0.592. The highest BCUT2D eigenvalue weighted by Crippen LogP contribution is 2.37. The highest BCUT2D eigenvalue weighted by atomic mass is 35.5. The minimum Gasteiger partial charge on any atom is -0.496 e. The van der Waals surface area contributed by atoms with Crippen molar-refractivity contribution >= 4 is 17.4 Å². The summed E-state index contributed by atoms with van der Waals surface area (Å²) < 4.78 is 5.33. The van der Waals surface area contributed by atoms with Gasteiger partial charge >= 0.3 is 0 Å². The van der Waals surface area contributed by atoms with Gasteiger partial charge in [0.25, 0.3) is 0 Å². The summed E-state index contributed by atoms with van der Waals surface area (Å²) in [6, 6.07) is 5.50. The van der Waals surface area contributed by atoms with Crippen molar-refractivity contribution in [3.05, 3.63) is 35.6 Å². The van der Waals surface area contributed by atoms with Crippen LogP contribution in [0.15, 0.2) is 30.6 Å². The molecular formula is C13H14ClN3O. The molecule has 0 unspecified atom stereocenters. The molecule has 0 amide bonds. The first kappa shape index (κ1) is 12.6. The Hall–Kier alpha value is -1.81. The molecule has 0 saturated carbocycles. The molecule has 0 radical (unpaired) electrons. The second-order valence-corrected chi connectivity index (χ2v) is 4.01. The molecule has 2 rings (SSSR count). The Kier molecular flexibility index (Phi) is 3.99. The summed E-state index contributed by atoms with van der Waals surface area (Å²) in [5.41, 5.74) is 1.45. The topological polar surface area (TPSA) is 47.0 Å². The van der Waals surface area contributed by atoms with Crippen molar-refractivity contribution in [2.75, 3.05) is 19.0 Å². The monoisotopic (exact) mass is 263 g/mol. The van der Waals surface area contributed by atoms with Crippen molar-refractivity contribution in [2.24, 2.45) is 0 Å². The van der Waals surface area contributed by atoms with Gasteiger partial charge in [0.1, 0.15) is 11.4 Å². The van der Waals surface area contributed by atoms with Crippen LogP contribution in [-0.2, 0) is 0 Å². The van der Waals surface area contributed by atoms with E-state index >= 15 is 0 Å². The van der Waals surface area contributed by atoms with Gasteiger partial charge in [-0.15, -0.1) is 0 Å². The Balaban J connectivity index is 2.61. The Morgan fingerprint density at radius 1 is 1.28 bits per heavy atom. The Morgan fingerprint density at radius 3 is 2.78 bits per heavy atom. The zero-order valence-electron chi connectivity index (χ0n) is 10.3. The lowest BCUT2D eigenvalue weighted by atomic mass is 10.1. The van der Waals surface area contributed by atoms with Gasteiger partial charge in [0.2, 0.25) is 0 Å². The minimum atomic E-state index is 0.592. The second-order valence-electron chi connectivity index (χ2n) is 3.60. The maximum absolute atomic E-state index is 6.24. The van der Waals surface area contributed by atoms with E-state index in [-0.39, 0.29) is 0 Å². The second kappa shape index (κ2) is 5.69. The molecule has 0 atom stereocenters. The van der Waals surface area contributed by atoms with Crippen LogP contribution < -0.4 is 10.1 Å². The molecule has 1 heterocycles. The molecule has 0 bridgehead atoms. The first-order chi connectivity index (χ1) is 8.77. The molecule has 0 spiro atoms. The van der Waals surface area contributed by atoms with Crippen molar-refractivity contribution in [1.82, 2.24) is 9.97 Å². The maximum atomic E-state index is 6.24. The van der Waals surface area contributed by atoms with E-state index in [0.717, 1.165) is 12.1 Å². The maximum Gasteiger partial charge on any atom is 0.152 e. The summed E-state index contributed by atoms with van der Waals surface area (Å²) in [7, 11) is 1.61. The molecule has 18 heavy (non-hydrogen) atoms. The van der Waals surface area contributed by atoms with Crippen LogP contribution in [0.25, 0.3) is 11.3 Å². The van der Waals surface area contributed by atoms with Crippen LogP contribution >= 0.6 is 11.6 Å². The predicted octanol–water partition coefficient (Wildman–Crippen LogP) is 3.24. The highest BCUT2D eigenvalue weighted by Gasteiger charge is 2.15. The lowest BCUT2D eigenvalue weighted by molar-refractivity contribution is 0.416. The van der Waals surface area contributed by atoms with Crippen LogP contribution in [0, 0.1) is 0 Å². The predicted molar refractivity (Wildman–Crippen MR) is 73.2 cm³/mol. The fourth-order valence-corrected chi connectivity index (χ4v) is 1.98. The van der Waals surface area contributed by atoms with Gasteiger partial charge in [0.05, 0.1) is 17.7 Å². The normalized spacial score (nSPS) is 10.2. The van der Waals surface area contributed by atoms with Crippen LogP contribution in [0.4, 0.5) is 5.82 Å². The number of halogens is 1. The van der Waals surface area contributed by atoms with Crippen molar-refractivity contribution in [3.63, 3.8) is 0 Å². The van der Waals surface area contributed by atoms with Crippen molar-refractivity contribution < 1.29 is 4.74 Å². The molecular weight excluding hydrogens is 250 g/mol. The smallest absolute Gasteiger partial charge is 0.152 e. The van der Waals surface area contributed by atoms with Crippen LogP contribution in [0.1, 0.15) is 6.92 Å². The fourth-order valence-electron chi connectivity index (χ4n) is 1.72. The van der Waals surface area contributed by atoms with Crippen molar-refractivity contribution in [1.29, 1.82) is 0 Å². The molecule has 1 aromatic carbocycles. The first-order valence-corrected chi connectivity index (χ1v) is 6.03. The van der Waals surface area contributed by atoms with Gasteiger partial charge in [-0.1, -0.05) is 17.7 Å². The molecule has 0 aliphatic carbocycles. The lowest BCUT2D eigenvalue weighted by Crippen LogP contribution is -2.03. The fraction of sp³-hybridized carbons (Fsp3) is 0.231. The molecule has 2 aromatic rings. The lowest BCUT2D eigenvalue weighted by Gasteiger charge is -2.13. The van der Waals surface area contributed by atoms with E-state index in [9.17, 15) is 0 Å². The molecule has 1 N–H and O–H groups in total. The largest absolute Gasteiger partial charge is 0.496 e. The summed E-state index contributed by atoms with van der Waals surface area (Å²) in [5, 5.41) is 3.76. The van der Waals surface area contributed by atoms with Crippen LogP contribution in [0.5, 0.6) is 5.75 Å². The number of nitrogens with zero attached hydrogens (tertiary/aromatic N) is 2. The molecule has 94 valence electrons. The quantitative estimate of drug-likeness (QED) is 0.920. The molecule has 1 aromatic heterocycles. The van der Waals surface area contributed by atoms with E-state index in [0.29, 0.717) is 22.3 Å². The number of hydrogen-bond donors (Lipinski definition) is 1. The molecule has 0 aliphatic rings. The van der Waals surface area contributed by atoms with Gasteiger partial charge in [-0.2, -0.15) is 0 Å². The first-order valence-electron chi connectivity index (χ1n) is 5.65. The summed E-state index contributed by atoms with van der Waals surface area (Å²) in [4.78, 5) is 8.62. The molecule has 0 saturated heterocycles. The third-order valence-electron chi connectivity index (χ3n) is 2.47. The Morgan fingerprint density at radius 2 is 2.06 bits per heavy atom. The average Bonchev–Trinajstić information content (AvgIpc) is 2.40. The molecule has 4 nitrogen and oxygen atoms in total. The zero-order valence-corrected chi connectivity index (χ0v) is 11.0. The third kappa shape index (κ3) is 2.38. The van der Waals surface area contributed by atoms with E-state index < -0.39 is 0 Å². The Bertz CT molecular complexity index is 546. The van der Waals surface area contributed by atoms with Crippen LogP contribution in [0.3, 0.4) is 0 Å². The summed E-state index contributed by atoms with van der Waals surface area (Å²) in [5.74, 6) is 1.38. The van der Waals surface area contributed by atoms with Gasteiger partial charge in [0.15, 0.2) is 5.82 Å². The number of hydrogen-bond acceptors (Lipinski definition) is 4. The molecule has 5 heteroatoms. The number of benzene rings is 1. The highest BCUT2D eigenvalue weighted by molar-refractivity contribution is 6.33.